The van der Waals surface area contributed by atoms with E-state index in [4.69, 9.17) is 4.74 Å². The topological polar surface area (TPSA) is 38.3 Å². The summed E-state index contributed by atoms with van der Waals surface area (Å²) >= 11 is 0. The highest BCUT2D eigenvalue weighted by atomic mass is 32.2. The third-order valence-electron chi connectivity index (χ3n) is 3.44. The van der Waals surface area contributed by atoms with Crippen molar-refractivity contribution < 1.29 is 8.95 Å². The largest absolute Gasteiger partial charge is 0.497 e. The summed E-state index contributed by atoms with van der Waals surface area (Å²) in [6.45, 7) is 0. The van der Waals surface area contributed by atoms with E-state index in [1.165, 1.54) is 18.4 Å². The van der Waals surface area contributed by atoms with Crippen molar-refractivity contribution in [3.05, 3.63) is 23.8 Å². The molecule has 1 N–H and O–H groups in total. The number of rotatable bonds is 3. The van der Waals surface area contributed by atoms with Crippen LogP contribution in [0.2, 0.25) is 0 Å². The third-order valence-corrected chi connectivity index (χ3v) is 4.91. The van der Waals surface area contributed by atoms with Gasteiger partial charge in [-0.05, 0) is 43.0 Å². The molecule has 2 aliphatic rings. The molecule has 1 heterocycles. The Kier molecular flexibility index (Phi) is 2.92. The van der Waals surface area contributed by atoms with Gasteiger partial charge in [-0.15, -0.1) is 0 Å². The van der Waals surface area contributed by atoms with Crippen LogP contribution in [0.25, 0.3) is 0 Å². The Morgan fingerprint density at radius 3 is 2.88 bits per heavy atom. The molecule has 1 aliphatic heterocycles. The van der Waals surface area contributed by atoms with Crippen molar-refractivity contribution in [2.24, 2.45) is 0 Å². The molecule has 0 spiro atoms. The highest BCUT2D eigenvalue weighted by Gasteiger charge is 2.30. The second kappa shape index (κ2) is 4.42. The Morgan fingerprint density at radius 1 is 1.35 bits per heavy atom. The van der Waals surface area contributed by atoms with Crippen LogP contribution in [-0.4, -0.2) is 23.1 Å². The fourth-order valence-corrected chi connectivity index (χ4v) is 3.68. The van der Waals surface area contributed by atoms with Crippen LogP contribution in [-0.2, 0) is 10.8 Å². The minimum atomic E-state index is -0.836. The first-order valence-corrected chi connectivity index (χ1v) is 7.42. The van der Waals surface area contributed by atoms with Crippen molar-refractivity contribution in [1.29, 1.82) is 0 Å². The highest BCUT2D eigenvalue weighted by Crippen LogP contribution is 2.35. The minimum absolute atomic E-state index is 0.352. The Hall–Kier alpha value is -0.870. The summed E-state index contributed by atoms with van der Waals surface area (Å²) in [5.74, 6) is 1.62. The lowest BCUT2D eigenvalue weighted by atomic mass is 10.0. The summed E-state index contributed by atoms with van der Waals surface area (Å²) in [6.07, 6.45) is 3.51. The molecule has 0 aromatic heterocycles. The third kappa shape index (κ3) is 2.24. The van der Waals surface area contributed by atoms with Crippen molar-refractivity contribution in [2.75, 3.05) is 12.9 Å². The van der Waals surface area contributed by atoms with Crippen LogP contribution in [0.4, 0.5) is 0 Å². The molecular formula is C13H17NO2S. The maximum absolute atomic E-state index is 12.0. The Bertz CT molecular complexity index is 457. The van der Waals surface area contributed by atoms with Crippen LogP contribution in [0, 0.1) is 0 Å². The van der Waals surface area contributed by atoms with Crippen LogP contribution in [0.1, 0.15) is 30.9 Å². The second-order valence-electron chi connectivity index (χ2n) is 4.74. The van der Waals surface area contributed by atoms with Crippen molar-refractivity contribution in [3.8, 4) is 5.75 Å². The molecule has 17 heavy (non-hydrogen) atoms. The summed E-state index contributed by atoms with van der Waals surface area (Å²) in [5.41, 5.74) is 1.17. The zero-order valence-corrected chi connectivity index (χ0v) is 10.8. The van der Waals surface area contributed by atoms with Gasteiger partial charge in [-0.1, -0.05) is 0 Å². The number of methoxy groups -OCH3 is 1. The monoisotopic (exact) mass is 251 g/mol. The summed E-state index contributed by atoms with van der Waals surface area (Å²) < 4.78 is 17.2. The van der Waals surface area contributed by atoms with Gasteiger partial charge < -0.3 is 10.1 Å². The second-order valence-corrected chi connectivity index (χ2v) is 6.27. The summed E-state index contributed by atoms with van der Waals surface area (Å²) in [7, 11) is 0.835. The van der Waals surface area contributed by atoms with Gasteiger partial charge in [0.2, 0.25) is 0 Å². The zero-order valence-electron chi connectivity index (χ0n) is 9.94. The van der Waals surface area contributed by atoms with Crippen LogP contribution >= 0.6 is 0 Å². The zero-order chi connectivity index (χ0) is 11.8. The van der Waals surface area contributed by atoms with Crippen LogP contribution < -0.4 is 10.1 Å². The molecule has 92 valence electrons. The first kappa shape index (κ1) is 11.2. The first-order chi connectivity index (χ1) is 8.28. The first-order valence-electron chi connectivity index (χ1n) is 6.10. The van der Waals surface area contributed by atoms with E-state index >= 15 is 0 Å². The molecule has 1 aromatic rings. The number of hydrogen-bond acceptors (Lipinski definition) is 3. The number of hydrogen-bond donors (Lipinski definition) is 1. The molecule has 1 fully saturated rings. The maximum atomic E-state index is 12.0. The Labute approximate surface area is 104 Å². The van der Waals surface area contributed by atoms with Gasteiger partial charge in [0, 0.05) is 22.7 Å². The van der Waals surface area contributed by atoms with E-state index < -0.39 is 10.8 Å². The van der Waals surface area contributed by atoms with Gasteiger partial charge in [0.1, 0.15) is 5.75 Å². The molecule has 0 saturated heterocycles. The number of nitrogens with one attached hydrogen (secondary N) is 1. The standard InChI is InChI=1S/C13H17NO2S/c1-16-10-4-5-13-11(8-10)12(6-7-17(13)15)14-9-2-3-9/h4-5,8-9,12,14H,2-3,6-7H2,1H3. The molecule has 1 aliphatic carbocycles. The molecule has 2 atom stereocenters. The lowest BCUT2D eigenvalue weighted by Gasteiger charge is -2.26. The highest BCUT2D eigenvalue weighted by molar-refractivity contribution is 7.85. The molecule has 3 rings (SSSR count). The average Bonchev–Trinajstić information content (AvgIpc) is 3.16. The van der Waals surface area contributed by atoms with Gasteiger partial charge in [-0.2, -0.15) is 0 Å². The molecule has 0 amide bonds. The number of benzene rings is 1. The quantitative estimate of drug-likeness (QED) is 0.893. The molecule has 1 aromatic carbocycles. The molecule has 4 heteroatoms. The molecular weight excluding hydrogens is 234 g/mol. The van der Waals surface area contributed by atoms with E-state index in [1.54, 1.807) is 7.11 Å². The fraction of sp³-hybridized carbons (Fsp3) is 0.538. The van der Waals surface area contributed by atoms with Crippen molar-refractivity contribution in [1.82, 2.24) is 5.32 Å². The maximum Gasteiger partial charge on any atom is 0.119 e. The van der Waals surface area contributed by atoms with Crippen molar-refractivity contribution >= 4 is 10.8 Å². The Balaban J connectivity index is 1.95. The van der Waals surface area contributed by atoms with Gasteiger partial charge in [0.15, 0.2) is 0 Å². The minimum Gasteiger partial charge on any atom is -0.497 e. The van der Waals surface area contributed by atoms with Gasteiger partial charge in [0.05, 0.1) is 17.9 Å². The van der Waals surface area contributed by atoms with Crippen LogP contribution in [0.3, 0.4) is 0 Å². The summed E-state index contributed by atoms with van der Waals surface area (Å²) in [6, 6.07) is 6.91. The van der Waals surface area contributed by atoms with E-state index in [0.717, 1.165) is 22.8 Å². The molecule has 1 saturated carbocycles. The predicted molar refractivity (Wildman–Crippen MR) is 67.8 cm³/mol. The van der Waals surface area contributed by atoms with E-state index in [-0.39, 0.29) is 0 Å². The molecule has 0 radical (unpaired) electrons. The van der Waals surface area contributed by atoms with E-state index in [2.05, 4.69) is 5.32 Å². The summed E-state index contributed by atoms with van der Waals surface area (Å²) in [4.78, 5) is 0.982. The summed E-state index contributed by atoms with van der Waals surface area (Å²) in [5, 5.41) is 3.63. The predicted octanol–water partition coefficient (Wildman–Crippen LogP) is 2.00. The van der Waals surface area contributed by atoms with Gasteiger partial charge in [-0.3, -0.25) is 4.21 Å². The molecule has 3 nitrogen and oxygen atoms in total. The van der Waals surface area contributed by atoms with Crippen molar-refractivity contribution in [3.63, 3.8) is 0 Å². The number of fused-ring (bicyclic) bond motifs is 1. The van der Waals surface area contributed by atoms with E-state index in [9.17, 15) is 4.21 Å². The van der Waals surface area contributed by atoms with E-state index in [0.29, 0.717) is 12.1 Å². The van der Waals surface area contributed by atoms with Crippen LogP contribution in [0.5, 0.6) is 5.75 Å². The number of ether oxygens (including phenoxy) is 1. The van der Waals surface area contributed by atoms with Gasteiger partial charge >= 0.3 is 0 Å². The Morgan fingerprint density at radius 2 is 2.18 bits per heavy atom. The normalized spacial score (nSPS) is 27.6. The smallest absolute Gasteiger partial charge is 0.119 e. The lowest BCUT2D eigenvalue weighted by Crippen LogP contribution is -2.29. The molecule has 2 unspecified atom stereocenters. The van der Waals surface area contributed by atoms with Gasteiger partial charge in [-0.25, -0.2) is 0 Å². The molecule has 0 bridgehead atoms. The lowest BCUT2D eigenvalue weighted by molar-refractivity contribution is 0.411. The van der Waals surface area contributed by atoms with Crippen LogP contribution in [0.15, 0.2) is 23.1 Å². The van der Waals surface area contributed by atoms with E-state index in [1.807, 2.05) is 18.2 Å². The van der Waals surface area contributed by atoms with Gasteiger partial charge in [0.25, 0.3) is 0 Å². The van der Waals surface area contributed by atoms with Crippen molar-refractivity contribution in [2.45, 2.75) is 36.2 Å². The SMILES string of the molecule is COc1ccc2c(c1)C(NC1CC1)CCS2=O. The average molecular weight is 251 g/mol. The fourth-order valence-electron chi connectivity index (χ4n) is 2.33.